The van der Waals surface area contributed by atoms with Crippen LogP contribution in [0.2, 0.25) is 0 Å². The van der Waals surface area contributed by atoms with Gasteiger partial charge in [-0.05, 0) is 34.8 Å². The average molecular weight is 328 g/mol. The van der Waals surface area contributed by atoms with Crippen LogP contribution in [0.3, 0.4) is 0 Å². The summed E-state index contributed by atoms with van der Waals surface area (Å²) in [5.41, 5.74) is 1.76. The van der Waals surface area contributed by atoms with Crippen molar-refractivity contribution in [2.24, 2.45) is 0 Å². The lowest BCUT2D eigenvalue weighted by Crippen LogP contribution is -2.11. The minimum Gasteiger partial charge on any atom is -0.496 e. The summed E-state index contributed by atoms with van der Waals surface area (Å²) in [6, 6.07) is 1.75. The van der Waals surface area contributed by atoms with Crippen LogP contribution in [0.4, 0.5) is 0 Å². The van der Waals surface area contributed by atoms with Gasteiger partial charge in [-0.1, -0.05) is 0 Å². The van der Waals surface area contributed by atoms with Gasteiger partial charge < -0.3 is 9.47 Å². The molecular formula is C13H14BrNO4. The summed E-state index contributed by atoms with van der Waals surface area (Å²) >= 11 is 3.50. The lowest BCUT2D eigenvalue weighted by Gasteiger charge is -2.22. The van der Waals surface area contributed by atoms with E-state index in [-0.39, 0.29) is 5.70 Å². The van der Waals surface area contributed by atoms with Crippen molar-refractivity contribution >= 4 is 22.0 Å². The van der Waals surface area contributed by atoms with E-state index in [1.54, 1.807) is 13.2 Å². The fourth-order valence-corrected chi connectivity index (χ4v) is 2.70. The van der Waals surface area contributed by atoms with Crippen LogP contribution in [0.5, 0.6) is 11.5 Å². The third-order valence-electron chi connectivity index (χ3n) is 2.99. The number of fused-ring (bicyclic) bond motifs is 1. The Bertz CT molecular complexity index is 554. The Kier molecular flexibility index (Phi) is 4.09. The normalized spacial score (nSPS) is 14.6. The van der Waals surface area contributed by atoms with E-state index in [0.717, 1.165) is 22.9 Å². The van der Waals surface area contributed by atoms with E-state index in [9.17, 15) is 10.1 Å². The molecule has 6 heteroatoms. The first-order valence-corrected chi connectivity index (χ1v) is 6.68. The summed E-state index contributed by atoms with van der Waals surface area (Å²) in [5, 5.41) is 10.7. The summed E-state index contributed by atoms with van der Waals surface area (Å²) in [6.45, 7) is 2.09. The van der Waals surface area contributed by atoms with Gasteiger partial charge in [0.2, 0.25) is 5.70 Å². The second kappa shape index (κ2) is 5.61. The van der Waals surface area contributed by atoms with Crippen molar-refractivity contribution in [1.82, 2.24) is 0 Å². The molecule has 1 heterocycles. The quantitative estimate of drug-likeness (QED) is 0.630. The second-order valence-corrected chi connectivity index (χ2v) is 5.08. The van der Waals surface area contributed by atoms with Crippen molar-refractivity contribution in [2.45, 2.75) is 19.8 Å². The molecule has 5 nitrogen and oxygen atoms in total. The van der Waals surface area contributed by atoms with Crippen LogP contribution in [-0.2, 0) is 6.42 Å². The Morgan fingerprint density at radius 2 is 2.37 bits per heavy atom. The number of benzene rings is 1. The number of nitrogens with zero attached hydrogens (tertiary/aromatic N) is 1. The predicted molar refractivity (Wildman–Crippen MR) is 75.2 cm³/mol. The van der Waals surface area contributed by atoms with Gasteiger partial charge in [-0.2, -0.15) is 0 Å². The van der Waals surface area contributed by atoms with Crippen LogP contribution in [0.25, 0.3) is 6.08 Å². The van der Waals surface area contributed by atoms with E-state index in [4.69, 9.17) is 9.47 Å². The standard InChI is InChI=1S/C13H14BrNO4/c1-8(15(16)17)6-9-7-11(18-2)12(14)10-4-3-5-19-13(9)10/h6-7H,3-5H2,1-2H3. The molecule has 0 aliphatic carbocycles. The van der Waals surface area contributed by atoms with Gasteiger partial charge in [0.15, 0.2) is 0 Å². The topological polar surface area (TPSA) is 61.6 Å². The van der Waals surface area contributed by atoms with Gasteiger partial charge in [-0.15, -0.1) is 0 Å². The summed E-state index contributed by atoms with van der Waals surface area (Å²) in [4.78, 5) is 10.3. The molecular weight excluding hydrogens is 314 g/mol. The number of methoxy groups -OCH3 is 1. The van der Waals surface area contributed by atoms with Crippen molar-refractivity contribution in [2.75, 3.05) is 13.7 Å². The molecule has 19 heavy (non-hydrogen) atoms. The average Bonchev–Trinajstić information content (AvgIpc) is 2.41. The van der Waals surface area contributed by atoms with Crippen LogP contribution in [-0.4, -0.2) is 18.6 Å². The minimum absolute atomic E-state index is 0.0701. The molecule has 0 unspecified atom stereocenters. The van der Waals surface area contributed by atoms with E-state index in [2.05, 4.69) is 15.9 Å². The Balaban J connectivity index is 2.60. The van der Waals surface area contributed by atoms with Crippen LogP contribution in [0, 0.1) is 10.1 Å². The summed E-state index contributed by atoms with van der Waals surface area (Å²) in [7, 11) is 1.57. The molecule has 1 aromatic carbocycles. The largest absolute Gasteiger partial charge is 0.496 e. The number of nitro groups is 1. The zero-order valence-corrected chi connectivity index (χ0v) is 12.3. The number of halogens is 1. The van der Waals surface area contributed by atoms with Crippen LogP contribution in [0.15, 0.2) is 16.2 Å². The molecule has 0 amide bonds. The first kappa shape index (κ1) is 13.9. The minimum atomic E-state index is -0.413. The molecule has 0 N–H and O–H groups in total. The molecule has 0 fully saturated rings. The molecule has 0 aromatic heterocycles. The predicted octanol–water partition coefficient (Wildman–Crippen LogP) is 3.42. The van der Waals surface area contributed by atoms with Gasteiger partial charge >= 0.3 is 0 Å². The van der Waals surface area contributed by atoms with Crippen molar-refractivity contribution < 1.29 is 14.4 Å². The summed E-state index contributed by atoms with van der Waals surface area (Å²) in [6.07, 6.45) is 3.31. The van der Waals surface area contributed by atoms with Crippen LogP contribution in [0.1, 0.15) is 24.5 Å². The highest BCUT2D eigenvalue weighted by Crippen LogP contribution is 2.41. The van der Waals surface area contributed by atoms with Gasteiger partial charge in [0.1, 0.15) is 11.5 Å². The monoisotopic (exact) mass is 327 g/mol. The molecule has 0 atom stereocenters. The highest BCUT2D eigenvalue weighted by atomic mass is 79.9. The van der Waals surface area contributed by atoms with Gasteiger partial charge in [-0.3, -0.25) is 10.1 Å². The highest BCUT2D eigenvalue weighted by Gasteiger charge is 2.21. The molecule has 0 spiro atoms. The third kappa shape index (κ3) is 2.73. The van der Waals surface area contributed by atoms with Crippen molar-refractivity contribution in [3.8, 4) is 11.5 Å². The lowest BCUT2D eigenvalue weighted by molar-refractivity contribution is -0.422. The van der Waals surface area contributed by atoms with E-state index >= 15 is 0 Å². The fraction of sp³-hybridized carbons (Fsp3) is 0.385. The van der Waals surface area contributed by atoms with E-state index in [1.165, 1.54) is 13.0 Å². The van der Waals surface area contributed by atoms with Crippen molar-refractivity contribution in [1.29, 1.82) is 0 Å². The molecule has 1 aliphatic rings. The Morgan fingerprint density at radius 3 is 3.00 bits per heavy atom. The Labute approximate surface area is 119 Å². The SMILES string of the molecule is COc1cc(C=C(C)[N+](=O)[O-])c2c(c1Br)CCCO2. The lowest BCUT2D eigenvalue weighted by atomic mass is 10.0. The number of hydrogen-bond acceptors (Lipinski definition) is 4. The highest BCUT2D eigenvalue weighted by molar-refractivity contribution is 9.10. The second-order valence-electron chi connectivity index (χ2n) is 4.28. The van der Waals surface area contributed by atoms with E-state index in [0.29, 0.717) is 23.7 Å². The molecule has 1 aliphatic heterocycles. The smallest absolute Gasteiger partial charge is 0.243 e. The number of allylic oxidation sites excluding steroid dienone is 1. The van der Waals surface area contributed by atoms with Gasteiger partial charge in [0.25, 0.3) is 0 Å². The molecule has 102 valence electrons. The zero-order chi connectivity index (χ0) is 14.0. The fourth-order valence-electron chi connectivity index (χ4n) is 2.04. The molecule has 0 saturated heterocycles. The maximum absolute atomic E-state index is 10.7. The molecule has 0 radical (unpaired) electrons. The zero-order valence-electron chi connectivity index (χ0n) is 10.7. The molecule has 0 saturated carbocycles. The summed E-state index contributed by atoms with van der Waals surface area (Å²) < 4.78 is 11.8. The van der Waals surface area contributed by atoms with Crippen molar-refractivity contribution in [3.63, 3.8) is 0 Å². The van der Waals surface area contributed by atoms with Gasteiger partial charge in [0.05, 0.1) is 23.1 Å². The Morgan fingerprint density at radius 1 is 1.63 bits per heavy atom. The molecule has 2 rings (SSSR count). The first-order chi connectivity index (χ1) is 9.04. The first-order valence-electron chi connectivity index (χ1n) is 5.89. The number of hydrogen-bond donors (Lipinski definition) is 0. The third-order valence-corrected chi connectivity index (χ3v) is 3.86. The number of rotatable bonds is 3. The summed E-state index contributed by atoms with van der Waals surface area (Å²) in [5.74, 6) is 1.37. The molecule has 1 aromatic rings. The molecule has 0 bridgehead atoms. The van der Waals surface area contributed by atoms with E-state index in [1.807, 2.05) is 0 Å². The van der Waals surface area contributed by atoms with Crippen molar-refractivity contribution in [3.05, 3.63) is 37.5 Å². The van der Waals surface area contributed by atoms with Crippen LogP contribution < -0.4 is 9.47 Å². The van der Waals surface area contributed by atoms with Gasteiger partial charge in [0, 0.05) is 24.1 Å². The van der Waals surface area contributed by atoms with Gasteiger partial charge in [-0.25, -0.2) is 0 Å². The maximum atomic E-state index is 10.7. The van der Waals surface area contributed by atoms with E-state index < -0.39 is 4.92 Å². The maximum Gasteiger partial charge on any atom is 0.243 e. The van der Waals surface area contributed by atoms with Crippen LogP contribution >= 0.6 is 15.9 Å². The number of ether oxygens (including phenoxy) is 2. The Hall–Kier alpha value is -1.56.